The number of alkyl halides is 1. The lowest BCUT2D eigenvalue weighted by Crippen LogP contribution is -2.40. The molecule has 0 radical (unpaired) electrons. The van der Waals surface area contributed by atoms with Crippen molar-refractivity contribution in [2.45, 2.75) is 245 Å². The first-order chi connectivity index (χ1) is 24.5. The summed E-state index contributed by atoms with van der Waals surface area (Å²) in [5.41, 5.74) is 0. The number of allylic oxidation sites excluding steroid dienone is 2. The molecule has 1 saturated carbocycles. The minimum Gasteiger partial charge on any atom is -0.394 e. The Morgan fingerprint density at radius 2 is 0.980 bits per heavy atom. The van der Waals surface area contributed by atoms with Crippen molar-refractivity contribution in [3.8, 4) is 0 Å². The van der Waals surface area contributed by atoms with Crippen LogP contribution in [-0.4, -0.2) is 33.4 Å². The average molecular weight is 786 g/mol. The van der Waals surface area contributed by atoms with E-state index in [1.54, 1.807) is 0 Å². The molecule has 0 aromatic carbocycles. The zero-order chi connectivity index (χ0) is 36.2. The summed E-state index contributed by atoms with van der Waals surface area (Å²) in [6.45, 7) is 10.7. The highest BCUT2D eigenvalue weighted by molar-refractivity contribution is 9.09. The maximum atomic E-state index is 6.61. The lowest BCUT2D eigenvalue weighted by Gasteiger charge is -2.29. The molecule has 1 aliphatic rings. The average Bonchev–Trinajstić information content (AvgIpc) is 3.86. The van der Waals surface area contributed by atoms with Gasteiger partial charge in [-0.1, -0.05) is 190 Å². The van der Waals surface area contributed by atoms with Gasteiger partial charge in [0.25, 0.3) is 0 Å². The first kappa shape index (κ1) is 48.3. The van der Waals surface area contributed by atoms with Gasteiger partial charge in [-0.15, -0.1) is 0 Å². The molecule has 3 unspecified atom stereocenters. The second-order valence-corrected chi connectivity index (χ2v) is 20.5. The van der Waals surface area contributed by atoms with E-state index >= 15 is 0 Å². The van der Waals surface area contributed by atoms with Crippen molar-refractivity contribution in [3.05, 3.63) is 12.2 Å². The predicted octanol–water partition coefficient (Wildman–Crippen LogP) is 16.2. The van der Waals surface area contributed by atoms with Crippen LogP contribution in [0.25, 0.3) is 0 Å². The second-order valence-electron chi connectivity index (χ2n) is 16.4. The molecule has 0 spiro atoms. The number of rotatable bonds is 41. The van der Waals surface area contributed by atoms with E-state index in [4.69, 9.17) is 13.6 Å². The molecule has 5 heteroatoms. The van der Waals surface area contributed by atoms with Crippen LogP contribution in [-0.2, 0) is 13.6 Å². The molecule has 0 saturated heterocycles. The predicted molar refractivity (Wildman–Crippen MR) is 228 cm³/mol. The Morgan fingerprint density at radius 3 is 1.52 bits per heavy atom. The molecule has 3 atom stereocenters. The van der Waals surface area contributed by atoms with Gasteiger partial charge in [-0.3, -0.25) is 0 Å². The van der Waals surface area contributed by atoms with Crippen molar-refractivity contribution >= 4 is 24.5 Å². The third-order valence-corrected chi connectivity index (χ3v) is 13.2. The van der Waals surface area contributed by atoms with Crippen LogP contribution in [0.1, 0.15) is 226 Å². The molecular formula is C45H89BrO3Si. The molecule has 0 aromatic heterocycles. The molecule has 3 nitrogen and oxygen atoms in total. The van der Waals surface area contributed by atoms with Gasteiger partial charge in [-0.25, -0.2) is 0 Å². The molecule has 1 aliphatic carbocycles. The van der Waals surface area contributed by atoms with Crippen molar-refractivity contribution in [2.24, 2.45) is 11.8 Å². The molecule has 1 rings (SSSR count). The number of hydrogen-bond donors (Lipinski definition) is 0. The molecule has 0 N–H and O–H groups in total. The summed E-state index contributed by atoms with van der Waals surface area (Å²) >= 11 is 3.54. The Balaban J connectivity index is 2.16. The van der Waals surface area contributed by atoms with Gasteiger partial charge in [0, 0.05) is 18.5 Å². The largest absolute Gasteiger partial charge is 0.394 e. The molecule has 298 valence electrons. The van der Waals surface area contributed by atoms with E-state index in [2.05, 4.69) is 55.0 Å². The van der Waals surface area contributed by atoms with E-state index in [-0.39, 0.29) is 6.29 Å². The fourth-order valence-electron chi connectivity index (χ4n) is 7.41. The van der Waals surface area contributed by atoms with Crippen molar-refractivity contribution in [2.75, 3.05) is 18.5 Å². The maximum absolute atomic E-state index is 6.61. The quantitative estimate of drug-likeness (QED) is 0.0203. The SMILES string of the molecule is CCCCCCCC/C=C\CCCCCCCC(OCCCCCCCCC1CC1CCCCCCCC)O[Si](C)(C)OCCCCCCBr. The third-order valence-electron chi connectivity index (χ3n) is 10.9. The van der Waals surface area contributed by atoms with Crippen LogP contribution < -0.4 is 0 Å². The fourth-order valence-corrected chi connectivity index (χ4v) is 9.33. The van der Waals surface area contributed by atoms with E-state index in [0.717, 1.165) is 49.6 Å². The van der Waals surface area contributed by atoms with Crippen LogP contribution >= 0.6 is 15.9 Å². The van der Waals surface area contributed by atoms with Crippen molar-refractivity contribution in [1.29, 1.82) is 0 Å². The lowest BCUT2D eigenvalue weighted by atomic mass is 10.0. The minimum atomic E-state index is -2.20. The van der Waals surface area contributed by atoms with Crippen LogP contribution in [0, 0.1) is 11.8 Å². The Morgan fingerprint density at radius 1 is 0.540 bits per heavy atom. The Kier molecular flexibility index (Phi) is 35.1. The standard InChI is InChI=1S/C45H89BrO3Si/c1-5-7-9-11-13-14-15-16-17-18-19-20-21-26-32-38-45(49-50(3,4)48-41-35-29-27-33-39-46)47-40-34-28-23-22-25-31-37-44-42-43(44)36-30-24-12-10-8-6-2/h16-17,43-45H,5-15,18-42H2,1-4H3/b17-16-. The Hall–Kier alpha value is 0.317. The number of hydrogen-bond acceptors (Lipinski definition) is 3. The highest BCUT2D eigenvalue weighted by Gasteiger charge is 2.35. The van der Waals surface area contributed by atoms with E-state index in [9.17, 15) is 0 Å². The summed E-state index contributed by atoms with van der Waals surface area (Å²) in [6.07, 6.45) is 49.3. The van der Waals surface area contributed by atoms with Crippen LogP contribution in [0.5, 0.6) is 0 Å². The van der Waals surface area contributed by atoms with Gasteiger partial charge in [0.2, 0.25) is 0 Å². The zero-order valence-corrected chi connectivity index (χ0v) is 37.0. The molecule has 0 heterocycles. The Labute approximate surface area is 324 Å². The summed E-state index contributed by atoms with van der Waals surface area (Å²) in [4.78, 5) is 0. The van der Waals surface area contributed by atoms with E-state index in [1.807, 2.05) is 0 Å². The smallest absolute Gasteiger partial charge is 0.333 e. The molecule has 0 aliphatic heterocycles. The maximum Gasteiger partial charge on any atom is 0.333 e. The molecule has 0 amide bonds. The summed E-state index contributed by atoms with van der Waals surface area (Å²) in [6, 6.07) is 0. The summed E-state index contributed by atoms with van der Waals surface area (Å²) < 4.78 is 19.4. The normalized spacial score (nSPS) is 16.9. The Bertz CT molecular complexity index is 716. The van der Waals surface area contributed by atoms with E-state index in [0.29, 0.717) is 0 Å². The van der Waals surface area contributed by atoms with E-state index in [1.165, 1.54) is 193 Å². The molecule has 50 heavy (non-hydrogen) atoms. The van der Waals surface area contributed by atoms with Gasteiger partial charge < -0.3 is 13.6 Å². The van der Waals surface area contributed by atoms with Crippen LogP contribution in [0.4, 0.5) is 0 Å². The first-order valence-corrected chi connectivity index (χ1v) is 26.6. The molecule has 0 aromatic rings. The second kappa shape index (κ2) is 36.3. The van der Waals surface area contributed by atoms with Crippen LogP contribution in [0.15, 0.2) is 12.2 Å². The minimum absolute atomic E-state index is 0.0993. The van der Waals surface area contributed by atoms with Crippen LogP contribution in [0.2, 0.25) is 13.1 Å². The van der Waals surface area contributed by atoms with Gasteiger partial charge in [0.15, 0.2) is 0 Å². The number of halogens is 1. The van der Waals surface area contributed by atoms with Gasteiger partial charge >= 0.3 is 8.56 Å². The molecular weight excluding hydrogens is 696 g/mol. The van der Waals surface area contributed by atoms with Crippen molar-refractivity contribution < 1.29 is 13.6 Å². The topological polar surface area (TPSA) is 27.7 Å². The van der Waals surface area contributed by atoms with Gasteiger partial charge in [-0.05, 0) is 89.1 Å². The van der Waals surface area contributed by atoms with Crippen molar-refractivity contribution in [3.63, 3.8) is 0 Å². The monoisotopic (exact) mass is 785 g/mol. The summed E-state index contributed by atoms with van der Waals surface area (Å²) in [7, 11) is -2.20. The molecule has 0 bridgehead atoms. The number of ether oxygens (including phenoxy) is 1. The number of unbranched alkanes of at least 4 members (excludes halogenated alkanes) is 24. The van der Waals surface area contributed by atoms with Gasteiger partial charge in [-0.2, -0.15) is 0 Å². The highest BCUT2D eigenvalue weighted by atomic mass is 79.9. The zero-order valence-electron chi connectivity index (χ0n) is 34.4. The van der Waals surface area contributed by atoms with Crippen molar-refractivity contribution in [1.82, 2.24) is 0 Å². The highest BCUT2D eigenvalue weighted by Crippen LogP contribution is 2.45. The fraction of sp³-hybridized carbons (Fsp3) is 0.956. The van der Waals surface area contributed by atoms with Gasteiger partial charge in [0.1, 0.15) is 6.29 Å². The van der Waals surface area contributed by atoms with Crippen LogP contribution in [0.3, 0.4) is 0 Å². The first-order valence-electron chi connectivity index (χ1n) is 22.7. The van der Waals surface area contributed by atoms with E-state index < -0.39 is 8.56 Å². The summed E-state index contributed by atoms with van der Waals surface area (Å²) in [5.74, 6) is 2.16. The summed E-state index contributed by atoms with van der Waals surface area (Å²) in [5, 5.41) is 1.10. The third kappa shape index (κ3) is 32.9. The van der Waals surface area contributed by atoms with Gasteiger partial charge in [0.05, 0.1) is 0 Å². The molecule has 1 fully saturated rings. The lowest BCUT2D eigenvalue weighted by molar-refractivity contribution is -0.104.